The van der Waals surface area contributed by atoms with E-state index in [1.165, 1.54) is 18.9 Å². The van der Waals surface area contributed by atoms with Crippen LogP contribution in [0.4, 0.5) is 5.69 Å². The van der Waals surface area contributed by atoms with Crippen LogP contribution in [0.15, 0.2) is 47.6 Å². The number of thioether (sulfide) groups is 1. The van der Waals surface area contributed by atoms with Gasteiger partial charge in [-0.1, -0.05) is 35.5 Å². The Labute approximate surface area is 159 Å². The van der Waals surface area contributed by atoms with E-state index in [0.29, 0.717) is 27.8 Å². The maximum absolute atomic E-state index is 12.4. The topological polar surface area (TPSA) is 81.9 Å². The van der Waals surface area contributed by atoms with Crippen molar-refractivity contribution in [3.05, 3.63) is 58.6 Å². The quantitative estimate of drug-likeness (QED) is 0.650. The third-order valence-electron chi connectivity index (χ3n) is 3.58. The van der Waals surface area contributed by atoms with E-state index in [-0.39, 0.29) is 5.91 Å². The fraction of sp³-hybridized carbons (Fsp3) is 0.176. The van der Waals surface area contributed by atoms with Crippen molar-refractivity contribution in [3.63, 3.8) is 0 Å². The number of halogens is 1. The smallest absolute Gasteiger partial charge is 0.255 e. The molecule has 0 aliphatic heterocycles. The van der Waals surface area contributed by atoms with E-state index >= 15 is 0 Å². The van der Waals surface area contributed by atoms with E-state index in [0.717, 1.165) is 10.7 Å². The van der Waals surface area contributed by atoms with Crippen LogP contribution in [0.5, 0.6) is 5.75 Å². The molecule has 2 aromatic carbocycles. The summed E-state index contributed by atoms with van der Waals surface area (Å²) in [5.41, 5.74) is 2.13. The second-order valence-corrected chi connectivity index (χ2v) is 6.75. The van der Waals surface area contributed by atoms with Crippen molar-refractivity contribution in [2.45, 2.75) is 10.9 Å². The van der Waals surface area contributed by atoms with Gasteiger partial charge in [-0.15, -0.1) is 5.10 Å². The zero-order valence-electron chi connectivity index (χ0n) is 14.1. The molecule has 1 heterocycles. The van der Waals surface area contributed by atoms with Crippen LogP contribution < -0.4 is 10.1 Å². The third-order valence-corrected chi connectivity index (χ3v) is 4.89. The molecule has 3 rings (SSSR count). The maximum Gasteiger partial charge on any atom is 0.255 e. The van der Waals surface area contributed by atoms with Gasteiger partial charge in [0.2, 0.25) is 5.16 Å². The van der Waals surface area contributed by atoms with Crippen molar-refractivity contribution in [3.8, 4) is 5.75 Å². The Morgan fingerprint density at radius 1 is 1.27 bits per heavy atom. The van der Waals surface area contributed by atoms with Gasteiger partial charge < -0.3 is 10.1 Å². The molecule has 1 N–H and O–H groups in total. The first kappa shape index (κ1) is 18.2. The molecule has 0 bridgehead atoms. The van der Waals surface area contributed by atoms with Crippen LogP contribution in [0.3, 0.4) is 0 Å². The zero-order chi connectivity index (χ0) is 18.5. The number of ether oxygens (including phenoxy) is 1. The molecule has 1 aromatic heterocycles. The molecule has 9 heteroatoms. The highest BCUT2D eigenvalue weighted by molar-refractivity contribution is 7.98. The Morgan fingerprint density at radius 2 is 2.04 bits per heavy atom. The third kappa shape index (κ3) is 4.33. The summed E-state index contributed by atoms with van der Waals surface area (Å²) < 4.78 is 6.85. The Morgan fingerprint density at radius 3 is 2.69 bits per heavy atom. The molecule has 1 amide bonds. The van der Waals surface area contributed by atoms with Gasteiger partial charge in [0, 0.05) is 23.4 Å². The van der Waals surface area contributed by atoms with Crippen molar-refractivity contribution < 1.29 is 9.53 Å². The number of methoxy groups -OCH3 is 1. The van der Waals surface area contributed by atoms with Crippen molar-refractivity contribution in [1.82, 2.24) is 20.2 Å². The van der Waals surface area contributed by atoms with Gasteiger partial charge in [0.15, 0.2) is 0 Å². The van der Waals surface area contributed by atoms with Gasteiger partial charge in [-0.2, -0.15) is 0 Å². The number of nitrogens with zero attached hydrogens (tertiary/aromatic N) is 4. The van der Waals surface area contributed by atoms with E-state index < -0.39 is 0 Å². The molecule has 0 aliphatic carbocycles. The summed E-state index contributed by atoms with van der Waals surface area (Å²) in [6.45, 7) is 0. The summed E-state index contributed by atoms with van der Waals surface area (Å²) in [6.07, 6.45) is 0. The van der Waals surface area contributed by atoms with Crippen molar-refractivity contribution in [2.24, 2.45) is 7.05 Å². The van der Waals surface area contributed by atoms with Crippen LogP contribution in [0, 0.1) is 0 Å². The molecule has 0 unspecified atom stereocenters. The van der Waals surface area contributed by atoms with Crippen LogP contribution in [0.25, 0.3) is 0 Å². The Bertz CT molecular complexity index is 914. The number of carbonyl (C=O) groups is 1. The van der Waals surface area contributed by atoms with Gasteiger partial charge in [0.05, 0.1) is 12.8 Å². The number of rotatable bonds is 6. The van der Waals surface area contributed by atoms with E-state index in [1.54, 1.807) is 42.1 Å². The monoisotopic (exact) mass is 389 g/mol. The average Bonchev–Trinajstić information content (AvgIpc) is 3.05. The lowest BCUT2D eigenvalue weighted by Crippen LogP contribution is -2.12. The molecule has 0 spiro atoms. The number of hydrogen-bond donors (Lipinski definition) is 1. The van der Waals surface area contributed by atoms with E-state index in [2.05, 4.69) is 20.8 Å². The lowest BCUT2D eigenvalue weighted by atomic mass is 10.1. The molecule has 134 valence electrons. The summed E-state index contributed by atoms with van der Waals surface area (Å²) >= 11 is 7.51. The molecule has 0 saturated heterocycles. The SMILES string of the molecule is COc1ccc(Cl)cc1NC(=O)c1ccc(CSc2nnnn2C)cc1. The maximum atomic E-state index is 12.4. The first-order chi connectivity index (χ1) is 12.6. The molecule has 0 radical (unpaired) electrons. The Balaban J connectivity index is 1.65. The minimum atomic E-state index is -0.234. The Kier molecular flexibility index (Phi) is 5.75. The lowest BCUT2D eigenvalue weighted by Gasteiger charge is -2.11. The summed E-state index contributed by atoms with van der Waals surface area (Å²) in [5.74, 6) is 1.02. The number of carbonyl (C=O) groups excluding carboxylic acids is 1. The predicted octanol–water partition coefficient (Wildman–Crippen LogP) is 3.42. The second kappa shape index (κ2) is 8.20. The average molecular weight is 390 g/mol. The molecular formula is C17H16ClN5O2S. The van der Waals surface area contributed by atoms with Crippen LogP contribution in [-0.2, 0) is 12.8 Å². The van der Waals surface area contributed by atoms with Crippen LogP contribution in [0.1, 0.15) is 15.9 Å². The van der Waals surface area contributed by atoms with E-state index in [4.69, 9.17) is 16.3 Å². The summed E-state index contributed by atoms with van der Waals surface area (Å²) in [4.78, 5) is 12.4. The number of amides is 1. The highest BCUT2D eigenvalue weighted by atomic mass is 35.5. The van der Waals surface area contributed by atoms with Crippen LogP contribution >= 0.6 is 23.4 Å². The molecule has 0 fully saturated rings. The molecule has 26 heavy (non-hydrogen) atoms. The highest BCUT2D eigenvalue weighted by Gasteiger charge is 2.11. The molecule has 7 nitrogen and oxygen atoms in total. The second-order valence-electron chi connectivity index (χ2n) is 5.37. The van der Waals surface area contributed by atoms with Crippen LogP contribution in [0.2, 0.25) is 5.02 Å². The fourth-order valence-electron chi connectivity index (χ4n) is 2.22. The van der Waals surface area contributed by atoms with Gasteiger partial charge in [-0.25, -0.2) is 4.68 Å². The number of benzene rings is 2. The fourth-order valence-corrected chi connectivity index (χ4v) is 3.19. The molecule has 0 saturated carbocycles. The van der Waals surface area contributed by atoms with Gasteiger partial charge in [-0.3, -0.25) is 4.79 Å². The lowest BCUT2D eigenvalue weighted by molar-refractivity contribution is 0.102. The standard InChI is InChI=1S/C17H16ClN5O2S/c1-23-17(20-21-22-23)26-10-11-3-5-12(6-4-11)16(24)19-14-9-13(18)7-8-15(14)25-2/h3-9H,10H2,1-2H3,(H,19,24). The highest BCUT2D eigenvalue weighted by Crippen LogP contribution is 2.28. The minimum Gasteiger partial charge on any atom is -0.495 e. The van der Waals surface area contributed by atoms with E-state index in [1.807, 2.05) is 12.1 Å². The van der Waals surface area contributed by atoms with Gasteiger partial charge in [0.1, 0.15) is 5.75 Å². The number of hydrogen-bond acceptors (Lipinski definition) is 6. The van der Waals surface area contributed by atoms with Gasteiger partial charge >= 0.3 is 0 Å². The molecule has 0 atom stereocenters. The first-order valence-electron chi connectivity index (χ1n) is 7.66. The first-order valence-corrected chi connectivity index (χ1v) is 9.02. The molecular weight excluding hydrogens is 374 g/mol. The number of aryl methyl sites for hydroxylation is 1. The summed E-state index contributed by atoms with van der Waals surface area (Å²) in [7, 11) is 3.33. The number of nitrogens with one attached hydrogen (secondary N) is 1. The molecule has 0 aliphatic rings. The number of tetrazole rings is 1. The zero-order valence-corrected chi connectivity index (χ0v) is 15.7. The predicted molar refractivity (Wildman–Crippen MR) is 101 cm³/mol. The van der Waals surface area contributed by atoms with Gasteiger partial charge in [-0.05, 0) is 46.3 Å². The van der Waals surface area contributed by atoms with Gasteiger partial charge in [0.25, 0.3) is 5.91 Å². The summed E-state index contributed by atoms with van der Waals surface area (Å²) in [6, 6.07) is 12.4. The van der Waals surface area contributed by atoms with Crippen molar-refractivity contribution in [1.29, 1.82) is 0 Å². The normalized spacial score (nSPS) is 10.6. The summed E-state index contributed by atoms with van der Waals surface area (Å²) in [5, 5.41) is 15.4. The molecule has 3 aromatic rings. The number of anilines is 1. The van der Waals surface area contributed by atoms with Crippen molar-refractivity contribution in [2.75, 3.05) is 12.4 Å². The minimum absolute atomic E-state index is 0.234. The van der Waals surface area contributed by atoms with Crippen molar-refractivity contribution >= 4 is 35.0 Å². The largest absolute Gasteiger partial charge is 0.495 e. The number of aromatic nitrogens is 4. The Hall–Kier alpha value is -2.58. The van der Waals surface area contributed by atoms with E-state index in [9.17, 15) is 4.79 Å². The van der Waals surface area contributed by atoms with Crippen LogP contribution in [-0.4, -0.2) is 33.2 Å².